The topological polar surface area (TPSA) is 118 Å². The van der Waals surface area contributed by atoms with Crippen LogP contribution >= 0.6 is 15.9 Å². The molecule has 6 nitrogen and oxygen atoms in total. The zero-order valence-electron chi connectivity index (χ0n) is 6.64. The van der Waals surface area contributed by atoms with Gasteiger partial charge in [-0.2, -0.15) is 0 Å². The molecule has 0 bridgehead atoms. The molecular formula is C6H10BrNO5. The van der Waals surface area contributed by atoms with Crippen molar-refractivity contribution in [3.8, 4) is 0 Å². The highest BCUT2D eigenvalue weighted by Crippen LogP contribution is 1.86. The number of carbonyl (C=O) groups excluding carboxylic acids is 1. The zero-order valence-corrected chi connectivity index (χ0v) is 8.23. The van der Waals surface area contributed by atoms with Gasteiger partial charge in [-0.05, 0) is 0 Å². The van der Waals surface area contributed by atoms with Crippen LogP contribution in [0.1, 0.15) is 6.42 Å². The molecule has 76 valence electrons. The second-order valence-corrected chi connectivity index (χ2v) is 2.51. The van der Waals surface area contributed by atoms with E-state index < -0.39 is 24.4 Å². The van der Waals surface area contributed by atoms with Gasteiger partial charge in [0.05, 0.1) is 11.8 Å². The van der Waals surface area contributed by atoms with Crippen LogP contribution in [0.5, 0.6) is 0 Å². The summed E-state index contributed by atoms with van der Waals surface area (Å²) in [6, 6.07) is -1.29. The number of nitrogens with two attached hydrogens (primary N) is 1. The van der Waals surface area contributed by atoms with E-state index in [1.165, 1.54) is 0 Å². The molecule has 0 aromatic carbocycles. The Bertz CT molecular complexity index is 184. The van der Waals surface area contributed by atoms with Crippen LogP contribution in [-0.4, -0.2) is 39.8 Å². The van der Waals surface area contributed by atoms with Crippen molar-refractivity contribution in [3.63, 3.8) is 0 Å². The zero-order chi connectivity index (χ0) is 10.9. The van der Waals surface area contributed by atoms with Gasteiger partial charge in [0.25, 0.3) is 0 Å². The predicted molar refractivity (Wildman–Crippen MR) is 47.7 cm³/mol. The Balaban J connectivity index is 0. The van der Waals surface area contributed by atoms with Crippen LogP contribution in [0.15, 0.2) is 0 Å². The van der Waals surface area contributed by atoms with Gasteiger partial charge < -0.3 is 20.7 Å². The minimum absolute atomic E-state index is 0.451. The molecule has 0 saturated carbocycles. The number of aliphatic carboxylic acids is 2. The molecule has 1 atom stereocenters. The number of hydrogen-bond acceptors (Lipinski definition) is 4. The fraction of sp³-hybridized carbons (Fsp3) is 0.500. The molecule has 4 N–H and O–H groups in total. The molecule has 13 heavy (non-hydrogen) atoms. The normalized spacial score (nSPS) is 10.6. The third-order valence-corrected chi connectivity index (χ3v) is 1.04. The van der Waals surface area contributed by atoms with Gasteiger partial charge in [0, 0.05) is 0 Å². The maximum Gasteiger partial charge on any atom is 0.321 e. The monoisotopic (exact) mass is 255 g/mol. The van der Waals surface area contributed by atoms with E-state index in [4.69, 9.17) is 20.7 Å². The summed E-state index contributed by atoms with van der Waals surface area (Å²) in [6.07, 6.45) is 0.259. The van der Waals surface area contributed by atoms with Crippen molar-refractivity contribution in [2.45, 2.75) is 12.5 Å². The third-order valence-electron chi connectivity index (χ3n) is 0.775. The van der Waals surface area contributed by atoms with Gasteiger partial charge in [0.1, 0.15) is 12.3 Å². The molecule has 0 spiro atoms. The summed E-state index contributed by atoms with van der Waals surface area (Å²) in [6.45, 7) is 0. The lowest BCUT2D eigenvalue weighted by atomic mass is 10.2. The van der Waals surface area contributed by atoms with E-state index in [0.717, 1.165) is 6.29 Å². The highest BCUT2D eigenvalue weighted by Gasteiger charge is 2.14. The van der Waals surface area contributed by atoms with Crippen LogP contribution in [0, 0.1) is 0 Å². The van der Waals surface area contributed by atoms with Crippen LogP contribution in [-0.2, 0) is 14.4 Å². The summed E-state index contributed by atoms with van der Waals surface area (Å²) in [5.74, 6) is -2.50. The largest absolute Gasteiger partial charge is 0.481 e. The molecule has 0 rings (SSSR count). The van der Waals surface area contributed by atoms with Gasteiger partial charge in [0.2, 0.25) is 0 Å². The summed E-state index contributed by atoms with van der Waals surface area (Å²) in [4.78, 5) is 28.7. The van der Waals surface area contributed by atoms with Crippen molar-refractivity contribution in [2.24, 2.45) is 5.73 Å². The molecular weight excluding hydrogens is 246 g/mol. The summed E-state index contributed by atoms with van der Waals surface area (Å²) in [5.41, 5.74) is 4.84. The fourth-order valence-corrected chi connectivity index (χ4v) is 0.275. The Labute approximate surface area is 82.9 Å². The lowest BCUT2D eigenvalue weighted by Gasteiger charge is -1.99. The number of rotatable bonds is 4. The van der Waals surface area contributed by atoms with E-state index in [9.17, 15) is 9.59 Å². The average molecular weight is 256 g/mol. The number of halogens is 1. The summed E-state index contributed by atoms with van der Waals surface area (Å²) in [5, 5.41) is 16.5. The second-order valence-electron chi connectivity index (χ2n) is 1.86. The number of hydrogen-bond donors (Lipinski definition) is 3. The number of alkyl halides is 1. The van der Waals surface area contributed by atoms with Crippen molar-refractivity contribution in [3.05, 3.63) is 0 Å². The molecule has 0 saturated heterocycles. The molecule has 0 radical (unpaired) electrons. The Kier molecular flexibility index (Phi) is 10.2. The van der Waals surface area contributed by atoms with Crippen LogP contribution in [0.4, 0.5) is 0 Å². The molecule has 1 unspecified atom stereocenters. The standard InChI is InChI=1S/C4H7NO4.C2H3BrO/c5-2(4(8)9)1-3(6)7;3-1-2-4/h2H,1,5H2,(H,6,7)(H,8,9);2H,1H2. The Morgan fingerprint density at radius 3 is 1.92 bits per heavy atom. The molecule has 0 aromatic rings. The van der Waals surface area contributed by atoms with Crippen molar-refractivity contribution >= 4 is 34.2 Å². The molecule has 0 fully saturated rings. The van der Waals surface area contributed by atoms with Crippen molar-refractivity contribution in [1.82, 2.24) is 0 Å². The first kappa shape index (κ1) is 14.6. The third kappa shape index (κ3) is 14.0. The smallest absolute Gasteiger partial charge is 0.321 e. The predicted octanol–water partition coefficient (Wildman–Crippen LogP) is -0.547. The van der Waals surface area contributed by atoms with Crippen LogP contribution in [0.3, 0.4) is 0 Å². The quantitative estimate of drug-likeness (QED) is 0.459. The SMILES string of the molecule is NC(CC(=O)O)C(=O)O.O=CCBr. The molecule has 0 aliphatic carbocycles. The second kappa shape index (κ2) is 9.14. The van der Waals surface area contributed by atoms with E-state index in [0.29, 0.717) is 5.33 Å². The van der Waals surface area contributed by atoms with Gasteiger partial charge in [0.15, 0.2) is 0 Å². The van der Waals surface area contributed by atoms with Crippen LogP contribution in [0.2, 0.25) is 0 Å². The first-order valence-electron chi connectivity index (χ1n) is 3.15. The van der Waals surface area contributed by atoms with Gasteiger partial charge in [-0.15, -0.1) is 0 Å². The van der Waals surface area contributed by atoms with E-state index in [2.05, 4.69) is 15.9 Å². The fourth-order valence-electron chi connectivity index (χ4n) is 0.275. The first-order chi connectivity index (χ1) is 5.95. The summed E-state index contributed by atoms with van der Waals surface area (Å²) in [7, 11) is 0. The van der Waals surface area contributed by atoms with Crippen molar-refractivity contribution < 1.29 is 24.6 Å². The van der Waals surface area contributed by atoms with Gasteiger partial charge in [-0.3, -0.25) is 9.59 Å². The van der Waals surface area contributed by atoms with Gasteiger partial charge in [-0.1, -0.05) is 15.9 Å². The summed E-state index contributed by atoms with van der Waals surface area (Å²) >= 11 is 2.88. The van der Waals surface area contributed by atoms with Gasteiger partial charge >= 0.3 is 11.9 Å². The lowest BCUT2D eigenvalue weighted by molar-refractivity contribution is -0.144. The molecule has 0 aromatic heterocycles. The molecule has 0 heterocycles. The molecule has 0 aliphatic heterocycles. The van der Waals surface area contributed by atoms with E-state index >= 15 is 0 Å². The number of aldehydes is 1. The maximum absolute atomic E-state index is 9.85. The average Bonchev–Trinajstić information content (AvgIpc) is 2.03. The summed E-state index contributed by atoms with van der Waals surface area (Å²) < 4.78 is 0. The first-order valence-corrected chi connectivity index (χ1v) is 4.27. The number of carbonyl (C=O) groups is 3. The van der Waals surface area contributed by atoms with E-state index in [1.807, 2.05) is 0 Å². The Morgan fingerprint density at radius 1 is 1.46 bits per heavy atom. The van der Waals surface area contributed by atoms with Crippen LogP contribution < -0.4 is 5.73 Å². The lowest BCUT2D eigenvalue weighted by Crippen LogP contribution is -2.32. The minimum atomic E-state index is -1.29. The highest BCUT2D eigenvalue weighted by molar-refractivity contribution is 9.09. The van der Waals surface area contributed by atoms with Gasteiger partial charge in [-0.25, -0.2) is 0 Å². The Morgan fingerprint density at radius 2 is 1.85 bits per heavy atom. The maximum atomic E-state index is 9.85. The van der Waals surface area contributed by atoms with E-state index in [-0.39, 0.29) is 0 Å². The van der Waals surface area contributed by atoms with Crippen LogP contribution in [0.25, 0.3) is 0 Å². The minimum Gasteiger partial charge on any atom is -0.481 e. The van der Waals surface area contributed by atoms with Crippen molar-refractivity contribution in [1.29, 1.82) is 0 Å². The van der Waals surface area contributed by atoms with Crippen molar-refractivity contribution in [2.75, 3.05) is 5.33 Å². The molecule has 7 heteroatoms. The number of carboxylic acids is 2. The Hall–Kier alpha value is -0.950. The van der Waals surface area contributed by atoms with E-state index in [1.54, 1.807) is 0 Å². The molecule has 0 aliphatic rings. The number of carboxylic acid groups (broad SMARTS) is 2. The molecule has 0 amide bonds. The highest BCUT2D eigenvalue weighted by atomic mass is 79.9.